The molecule has 16 heteroatoms. The highest BCUT2D eigenvalue weighted by Gasteiger charge is 2.37. The quantitative estimate of drug-likeness (QED) is 0.247. The summed E-state index contributed by atoms with van der Waals surface area (Å²) in [6, 6.07) is 3.57. The van der Waals surface area contributed by atoms with E-state index in [2.05, 4.69) is 66.2 Å². The lowest BCUT2D eigenvalue weighted by atomic mass is 9.93. The van der Waals surface area contributed by atoms with Crippen LogP contribution in [0.4, 0.5) is 30.5 Å². The van der Waals surface area contributed by atoms with Gasteiger partial charge in [0.05, 0.1) is 46.2 Å². The van der Waals surface area contributed by atoms with E-state index in [0.717, 1.165) is 53.4 Å². The van der Waals surface area contributed by atoms with Crippen molar-refractivity contribution in [3.8, 4) is 23.2 Å². The summed E-state index contributed by atoms with van der Waals surface area (Å²) in [4.78, 5) is 17.9. The Bertz CT molecular complexity index is 1880. The third-order valence-electron chi connectivity index (χ3n) is 8.07. The van der Waals surface area contributed by atoms with E-state index in [1.807, 2.05) is 6.07 Å². The third-order valence-corrected chi connectivity index (χ3v) is 10.1. The summed E-state index contributed by atoms with van der Waals surface area (Å²) in [6.07, 6.45) is 8.70. The van der Waals surface area contributed by atoms with Crippen LogP contribution < -0.4 is 10.2 Å². The average Bonchev–Trinajstić information content (AvgIpc) is 3.62. The zero-order chi connectivity index (χ0) is 33.2. The molecule has 1 saturated heterocycles. The van der Waals surface area contributed by atoms with Crippen LogP contribution in [-0.2, 0) is 16.6 Å². The van der Waals surface area contributed by atoms with Crippen LogP contribution in [0.1, 0.15) is 43.2 Å². The Morgan fingerprint density at radius 3 is 2.51 bits per heavy atom. The first-order valence-electron chi connectivity index (χ1n) is 15.3. The molecule has 0 bridgehead atoms. The van der Waals surface area contributed by atoms with Gasteiger partial charge in [-0.1, -0.05) is 11.8 Å². The number of alkyl halides is 3. The topological polar surface area (TPSA) is 127 Å². The Morgan fingerprint density at radius 1 is 1.00 bits per heavy atom. The molecule has 1 saturated carbocycles. The van der Waals surface area contributed by atoms with E-state index < -0.39 is 28.0 Å². The zero-order valence-electron chi connectivity index (χ0n) is 26.0. The number of hydrogen-bond acceptors (Lipinski definition) is 10. The summed E-state index contributed by atoms with van der Waals surface area (Å²) in [7, 11) is 0.636. The van der Waals surface area contributed by atoms with Crippen molar-refractivity contribution in [2.45, 2.75) is 50.1 Å². The molecule has 12 nitrogen and oxygen atoms in total. The van der Waals surface area contributed by atoms with Crippen molar-refractivity contribution < 1.29 is 21.6 Å². The molecular formula is C31H35F3N10O2S. The summed E-state index contributed by atoms with van der Waals surface area (Å²) >= 11 is 0. The predicted octanol–water partition coefficient (Wildman–Crippen LogP) is 4.15. The minimum atomic E-state index is -4.38. The van der Waals surface area contributed by atoms with E-state index in [-0.39, 0.29) is 0 Å². The van der Waals surface area contributed by atoms with Crippen LogP contribution in [0.2, 0.25) is 0 Å². The molecular weight excluding hydrogens is 633 g/mol. The van der Waals surface area contributed by atoms with Crippen LogP contribution in [0.25, 0.3) is 11.4 Å². The smallest absolute Gasteiger partial charge is 0.370 e. The number of halogens is 3. The maximum Gasteiger partial charge on any atom is 0.408 e. The van der Waals surface area contributed by atoms with Gasteiger partial charge in [-0.15, -0.1) is 0 Å². The zero-order valence-corrected chi connectivity index (χ0v) is 26.8. The van der Waals surface area contributed by atoms with E-state index in [1.54, 1.807) is 18.5 Å². The van der Waals surface area contributed by atoms with Gasteiger partial charge in [0.25, 0.3) is 10.0 Å². The van der Waals surface area contributed by atoms with Crippen LogP contribution in [0.5, 0.6) is 0 Å². The maximum atomic E-state index is 12.8. The summed E-state index contributed by atoms with van der Waals surface area (Å²) in [6.45, 7) is 1.50. The minimum absolute atomic E-state index is 0.306. The maximum absolute atomic E-state index is 12.8. The SMILES string of the molecule is CN(C)CCC1CCN(c2cc(Nc3ccnc(-c4cnn(S(=O)(=O)C5CC5)c4)n3)ncc2C#Cc2cnn(CC(F)(F)F)c2)CC1. The van der Waals surface area contributed by atoms with Crippen molar-refractivity contribution in [2.75, 3.05) is 43.9 Å². The van der Waals surface area contributed by atoms with Gasteiger partial charge in [-0.3, -0.25) is 4.68 Å². The monoisotopic (exact) mass is 668 g/mol. The van der Waals surface area contributed by atoms with E-state index in [0.29, 0.717) is 52.9 Å². The van der Waals surface area contributed by atoms with Crippen molar-refractivity contribution >= 4 is 27.3 Å². The Kier molecular flexibility index (Phi) is 9.20. The van der Waals surface area contributed by atoms with E-state index in [9.17, 15) is 21.6 Å². The Labute approximate surface area is 271 Å². The van der Waals surface area contributed by atoms with E-state index in [1.165, 1.54) is 24.8 Å². The average molecular weight is 669 g/mol. The molecule has 6 rings (SSSR count). The molecule has 0 radical (unpaired) electrons. The molecule has 0 unspecified atom stereocenters. The lowest BCUT2D eigenvalue weighted by Crippen LogP contribution is -2.35. The molecule has 248 valence electrons. The molecule has 0 spiro atoms. The van der Waals surface area contributed by atoms with Gasteiger partial charge >= 0.3 is 6.18 Å². The second-order valence-electron chi connectivity index (χ2n) is 12.1. The number of rotatable bonds is 10. The van der Waals surface area contributed by atoms with Gasteiger partial charge in [-0.25, -0.2) is 23.4 Å². The molecule has 5 heterocycles. The first-order valence-corrected chi connectivity index (χ1v) is 16.8. The van der Waals surface area contributed by atoms with Crippen LogP contribution in [0.3, 0.4) is 0 Å². The molecule has 0 atom stereocenters. The van der Waals surface area contributed by atoms with Gasteiger partial charge in [0.1, 0.15) is 18.2 Å². The largest absolute Gasteiger partial charge is 0.408 e. The molecule has 4 aromatic heterocycles. The Hall–Kier alpha value is -4.49. The second kappa shape index (κ2) is 13.3. The van der Waals surface area contributed by atoms with Crippen LogP contribution in [0.15, 0.2) is 49.3 Å². The number of nitrogens with one attached hydrogen (secondary N) is 1. The Morgan fingerprint density at radius 2 is 1.79 bits per heavy atom. The van der Waals surface area contributed by atoms with Gasteiger partial charge in [-0.05, 0) is 64.7 Å². The van der Waals surface area contributed by atoms with Crippen LogP contribution in [-0.4, -0.2) is 92.4 Å². The summed E-state index contributed by atoms with van der Waals surface area (Å²) in [5, 5.41) is 10.6. The number of piperidine rings is 1. The highest BCUT2D eigenvalue weighted by Crippen LogP contribution is 2.32. The highest BCUT2D eigenvalue weighted by atomic mass is 32.2. The van der Waals surface area contributed by atoms with Gasteiger partial charge in [0, 0.05) is 37.7 Å². The molecule has 2 aliphatic rings. The fourth-order valence-electron chi connectivity index (χ4n) is 5.39. The number of aromatic nitrogens is 7. The van der Waals surface area contributed by atoms with Crippen molar-refractivity contribution in [1.82, 2.24) is 38.8 Å². The van der Waals surface area contributed by atoms with Gasteiger partial charge in [-0.2, -0.15) is 27.5 Å². The van der Waals surface area contributed by atoms with Crippen molar-refractivity contribution in [3.63, 3.8) is 0 Å². The first kappa shape index (κ1) is 32.5. The van der Waals surface area contributed by atoms with E-state index >= 15 is 0 Å². The van der Waals surface area contributed by atoms with Gasteiger partial charge in [0.15, 0.2) is 5.82 Å². The lowest BCUT2D eigenvalue weighted by Gasteiger charge is -2.34. The predicted molar refractivity (Wildman–Crippen MR) is 170 cm³/mol. The van der Waals surface area contributed by atoms with Crippen LogP contribution in [0, 0.1) is 17.8 Å². The highest BCUT2D eigenvalue weighted by molar-refractivity contribution is 7.90. The molecule has 2 fully saturated rings. The van der Waals surface area contributed by atoms with Crippen LogP contribution >= 0.6 is 0 Å². The fourth-order valence-corrected chi connectivity index (χ4v) is 6.87. The molecule has 0 amide bonds. The number of pyridine rings is 1. The molecule has 1 aliphatic carbocycles. The van der Waals surface area contributed by atoms with Gasteiger partial charge < -0.3 is 15.1 Å². The number of hydrogen-bond donors (Lipinski definition) is 1. The molecule has 0 aromatic carbocycles. The van der Waals surface area contributed by atoms with E-state index in [4.69, 9.17) is 0 Å². The van der Waals surface area contributed by atoms with Crippen molar-refractivity contribution in [1.29, 1.82) is 0 Å². The third kappa shape index (κ3) is 8.27. The molecule has 4 aromatic rings. The van der Waals surface area contributed by atoms with Crippen molar-refractivity contribution in [3.05, 3.63) is 60.4 Å². The number of anilines is 3. The summed E-state index contributed by atoms with van der Waals surface area (Å²) in [5.41, 5.74) is 2.32. The molecule has 47 heavy (non-hydrogen) atoms. The fraction of sp³-hybridized carbons (Fsp3) is 0.452. The molecule has 1 N–H and O–H groups in total. The standard InChI is InChI=1S/C31H35F3N10O2S/c1-41(2)12-8-22-9-13-42(14-10-22)27-15-29(36-17-24(27)4-3-23-16-37-43(19-23)21-31(32,33)34)39-28-7-11-35-30(40-28)25-18-38-44(20-25)47(45,46)26-5-6-26/h7,11,15-20,22,26H,5-6,8-10,12-14,21H2,1-2H3,(H,35,36,39,40). The van der Waals surface area contributed by atoms with Crippen molar-refractivity contribution in [2.24, 2.45) is 5.92 Å². The first-order chi connectivity index (χ1) is 22.4. The number of nitrogens with zero attached hydrogens (tertiary/aromatic N) is 9. The second-order valence-corrected chi connectivity index (χ2v) is 14.2. The van der Waals surface area contributed by atoms with Gasteiger partial charge in [0.2, 0.25) is 0 Å². The molecule has 1 aliphatic heterocycles. The summed E-state index contributed by atoms with van der Waals surface area (Å²) in [5.74, 6) is 7.92. The Balaban J connectivity index is 1.23. The summed E-state index contributed by atoms with van der Waals surface area (Å²) < 4.78 is 65.3. The minimum Gasteiger partial charge on any atom is -0.370 e. The lowest BCUT2D eigenvalue weighted by molar-refractivity contribution is -0.142. The normalized spacial score (nSPS) is 15.9.